The SMILES string of the molecule is CCOc1ccccc1-c1nn(C)c(N)c1-c1cccs1. The van der Waals surface area contributed by atoms with Gasteiger partial charge in [0.1, 0.15) is 17.3 Å². The van der Waals surface area contributed by atoms with Crippen molar-refractivity contribution in [1.82, 2.24) is 9.78 Å². The Kier molecular flexibility index (Phi) is 3.66. The second-order valence-electron chi connectivity index (χ2n) is 4.64. The summed E-state index contributed by atoms with van der Waals surface area (Å²) >= 11 is 1.66. The van der Waals surface area contributed by atoms with Gasteiger partial charge in [0.2, 0.25) is 0 Å². The third-order valence-corrected chi connectivity index (χ3v) is 4.19. The second kappa shape index (κ2) is 5.61. The molecule has 0 aliphatic heterocycles. The zero-order valence-corrected chi connectivity index (χ0v) is 12.9. The Morgan fingerprint density at radius 1 is 1.24 bits per heavy atom. The lowest BCUT2D eigenvalue weighted by atomic mass is 10.1. The summed E-state index contributed by atoms with van der Waals surface area (Å²) in [7, 11) is 1.86. The molecule has 21 heavy (non-hydrogen) atoms. The molecule has 2 heterocycles. The van der Waals surface area contributed by atoms with E-state index >= 15 is 0 Å². The number of aryl methyl sites for hydroxylation is 1. The van der Waals surface area contributed by atoms with E-state index in [1.165, 1.54) is 0 Å². The maximum Gasteiger partial charge on any atom is 0.130 e. The molecule has 0 saturated heterocycles. The molecule has 5 heteroatoms. The molecule has 4 nitrogen and oxygen atoms in total. The second-order valence-corrected chi connectivity index (χ2v) is 5.59. The molecule has 3 rings (SSSR count). The summed E-state index contributed by atoms with van der Waals surface area (Å²) in [6, 6.07) is 12.0. The number of ether oxygens (including phenoxy) is 1. The molecule has 2 aromatic heterocycles. The van der Waals surface area contributed by atoms with E-state index in [-0.39, 0.29) is 0 Å². The molecular formula is C16H17N3OS. The largest absolute Gasteiger partial charge is 0.493 e. The molecule has 0 atom stereocenters. The van der Waals surface area contributed by atoms with Gasteiger partial charge >= 0.3 is 0 Å². The molecule has 0 saturated carbocycles. The van der Waals surface area contributed by atoms with E-state index in [0.29, 0.717) is 12.4 Å². The van der Waals surface area contributed by atoms with Gasteiger partial charge in [-0.3, -0.25) is 4.68 Å². The van der Waals surface area contributed by atoms with Crippen LogP contribution in [0.5, 0.6) is 5.75 Å². The molecular weight excluding hydrogens is 282 g/mol. The van der Waals surface area contributed by atoms with Crippen molar-refractivity contribution in [2.45, 2.75) is 6.92 Å². The number of rotatable bonds is 4. The van der Waals surface area contributed by atoms with Crippen LogP contribution in [0.15, 0.2) is 41.8 Å². The van der Waals surface area contributed by atoms with Crippen LogP contribution in [0.3, 0.4) is 0 Å². The number of nitrogens with two attached hydrogens (primary N) is 1. The van der Waals surface area contributed by atoms with Crippen molar-refractivity contribution >= 4 is 17.2 Å². The van der Waals surface area contributed by atoms with E-state index in [0.717, 1.165) is 27.4 Å². The summed E-state index contributed by atoms with van der Waals surface area (Å²) in [4.78, 5) is 1.11. The fourth-order valence-electron chi connectivity index (χ4n) is 2.33. The number of benzene rings is 1. The van der Waals surface area contributed by atoms with Gasteiger partial charge in [0.15, 0.2) is 0 Å². The average molecular weight is 299 g/mol. The van der Waals surface area contributed by atoms with Crippen molar-refractivity contribution in [3.05, 3.63) is 41.8 Å². The van der Waals surface area contributed by atoms with Crippen molar-refractivity contribution in [3.63, 3.8) is 0 Å². The number of nitrogen functional groups attached to an aromatic ring is 1. The monoisotopic (exact) mass is 299 g/mol. The van der Waals surface area contributed by atoms with Crippen molar-refractivity contribution < 1.29 is 4.74 Å². The number of hydrogen-bond donors (Lipinski definition) is 1. The van der Waals surface area contributed by atoms with Crippen molar-refractivity contribution in [1.29, 1.82) is 0 Å². The minimum absolute atomic E-state index is 0.619. The van der Waals surface area contributed by atoms with Crippen LogP contribution in [0.25, 0.3) is 21.7 Å². The Bertz CT molecular complexity index is 747. The van der Waals surface area contributed by atoms with Gasteiger partial charge in [-0.25, -0.2) is 0 Å². The van der Waals surface area contributed by atoms with Crippen molar-refractivity contribution in [2.24, 2.45) is 7.05 Å². The van der Waals surface area contributed by atoms with Crippen LogP contribution < -0.4 is 10.5 Å². The van der Waals surface area contributed by atoms with Gasteiger partial charge in [0.25, 0.3) is 0 Å². The summed E-state index contributed by atoms with van der Waals surface area (Å²) in [5, 5.41) is 6.64. The summed E-state index contributed by atoms with van der Waals surface area (Å²) < 4.78 is 7.44. The van der Waals surface area contributed by atoms with Crippen LogP contribution in [-0.2, 0) is 7.05 Å². The van der Waals surface area contributed by atoms with Crippen LogP contribution in [0.4, 0.5) is 5.82 Å². The van der Waals surface area contributed by atoms with Gasteiger partial charge in [0.05, 0.1) is 12.2 Å². The molecule has 0 amide bonds. The standard InChI is InChI=1S/C16H17N3OS/c1-3-20-12-8-5-4-7-11(12)15-14(13-9-6-10-21-13)16(17)19(2)18-15/h4-10H,3,17H2,1-2H3. The zero-order valence-electron chi connectivity index (χ0n) is 12.0. The molecule has 0 aliphatic carbocycles. The topological polar surface area (TPSA) is 53.1 Å². The Morgan fingerprint density at radius 2 is 2.05 bits per heavy atom. The third kappa shape index (κ3) is 2.40. The number of anilines is 1. The van der Waals surface area contributed by atoms with Gasteiger partial charge in [-0.1, -0.05) is 18.2 Å². The lowest BCUT2D eigenvalue weighted by molar-refractivity contribution is 0.341. The van der Waals surface area contributed by atoms with Gasteiger partial charge in [-0.15, -0.1) is 11.3 Å². The van der Waals surface area contributed by atoms with Crippen molar-refractivity contribution in [2.75, 3.05) is 12.3 Å². The maximum atomic E-state index is 6.22. The van der Waals surface area contributed by atoms with Gasteiger partial charge in [-0.2, -0.15) is 5.10 Å². The van der Waals surface area contributed by atoms with Crippen molar-refractivity contribution in [3.8, 4) is 27.4 Å². The molecule has 3 aromatic rings. The Balaban J connectivity index is 2.22. The molecule has 2 N–H and O–H groups in total. The summed E-state index contributed by atoms with van der Waals surface area (Å²) in [6.07, 6.45) is 0. The molecule has 0 fully saturated rings. The first-order valence-corrected chi connectivity index (χ1v) is 7.69. The van der Waals surface area contributed by atoms with E-state index in [1.54, 1.807) is 16.0 Å². The molecule has 1 aromatic carbocycles. The predicted molar refractivity (Wildman–Crippen MR) is 87.5 cm³/mol. The van der Waals surface area contributed by atoms with Gasteiger partial charge in [-0.05, 0) is 30.5 Å². The molecule has 0 unspecified atom stereocenters. The number of aromatic nitrogens is 2. The quantitative estimate of drug-likeness (QED) is 0.797. The number of thiophene rings is 1. The number of para-hydroxylation sites is 1. The summed E-state index contributed by atoms with van der Waals surface area (Å²) in [6.45, 7) is 2.59. The highest BCUT2D eigenvalue weighted by molar-refractivity contribution is 7.13. The average Bonchev–Trinajstić information content (AvgIpc) is 3.09. The first kappa shape index (κ1) is 13.7. The number of nitrogens with zero attached hydrogens (tertiary/aromatic N) is 2. The van der Waals surface area contributed by atoms with E-state index in [1.807, 2.05) is 49.7 Å². The van der Waals surface area contributed by atoms with E-state index in [4.69, 9.17) is 10.5 Å². The molecule has 0 aliphatic rings. The van der Waals surface area contributed by atoms with Crippen LogP contribution in [0.2, 0.25) is 0 Å². The molecule has 0 bridgehead atoms. The predicted octanol–water partition coefficient (Wildman–Crippen LogP) is 3.80. The van der Waals surface area contributed by atoms with Gasteiger partial charge in [0, 0.05) is 17.5 Å². The highest BCUT2D eigenvalue weighted by atomic mass is 32.1. The fraction of sp³-hybridized carbons (Fsp3) is 0.188. The summed E-state index contributed by atoms with van der Waals surface area (Å²) in [5.74, 6) is 1.50. The number of hydrogen-bond acceptors (Lipinski definition) is 4. The van der Waals surface area contributed by atoms with E-state index in [9.17, 15) is 0 Å². The normalized spacial score (nSPS) is 10.8. The van der Waals surface area contributed by atoms with Crippen LogP contribution in [0.1, 0.15) is 6.92 Å². The zero-order chi connectivity index (χ0) is 14.8. The van der Waals surface area contributed by atoms with E-state index < -0.39 is 0 Å². The highest BCUT2D eigenvalue weighted by Gasteiger charge is 2.20. The molecule has 0 spiro atoms. The first-order valence-electron chi connectivity index (χ1n) is 6.81. The lowest BCUT2D eigenvalue weighted by Gasteiger charge is -2.09. The minimum Gasteiger partial charge on any atom is -0.493 e. The summed E-state index contributed by atoms with van der Waals surface area (Å²) in [5.41, 5.74) is 9.02. The van der Waals surface area contributed by atoms with Crippen LogP contribution in [-0.4, -0.2) is 16.4 Å². The Hall–Kier alpha value is -2.27. The third-order valence-electron chi connectivity index (χ3n) is 3.30. The smallest absolute Gasteiger partial charge is 0.130 e. The highest BCUT2D eigenvalue weighted by Crippen LogP contribution is 2.41. The lowest BCUT2D eigenvalue weighted by Crippen LogP contribution is -1.97. The van der Waals surface area contributed by atoms with Gasteiger partial charge < -0.3 is 10.5 Å². The van der Waals surface area contributed by atoms with Crippen LogP contribution >= 0.6 is 11.3 Å². The molecule has 0 radical (unpaired) electrons. The maximum absolute atomic E-state index is 6.22. The minimum atomic E-state index is 0.619. The van der Waals surface area contributed by atoms with E-state index in [2.05, 4.69) is 11.2 Å². The Labute approximate surface area is 127 Å². The fourth-order valence-corrected chi connectivity index (χ4v) is 3.11. The first-order chi connectivity index (χ1) is 10.2. The molecule has 108 valence electrons. The van der Waals surface area contributed by atoms with Crippen LogP contribution in [0, 0.1) is 0 Å². The Morgan fingerprint density at radius 3 is 2.76 bits per heavy atom.